The molecule has 1 saturated heterocycles. The number of benzene rings is 2. The Kier molecular flexibility index (Phi) is 6.84. The van der Waals surface area contributed by atoms with Crippen molar-refractivity contribution < 1.29 is 14.6 Å². The van der Waals surface area contributed by atoms with Crippen LogP contribution < -0.4 is 9.64 Å². The molecule has 0 radical (unpaired) electrons. The van der Waals surface area contributed by atoms with Gasteiger partial charge in [0, 0.05) is 50.5 Å². The van der Waals surface area contributed by atoms with Crippen molar-refractivity contribution in [1.29, 1.82) is 0 Å². The van der Waals surface area contributed by atoms with Gasteiger partial charge in [0.1, 0.15) is 11.4 Å². The first-order valence-electron chi connectivity index (χ1n) is 12.7. The number of rotatable bonds is 7. The molecule has 0 saturated carbocycles. The van der Waals surface area contributed by atoms with E-state index in [1.807, 2.05) is 66.3 Å². The fraction of sp³-hybridized carbons (Fsp3) is 0.345. The Bertz CT molecular complexity index is 1400. The quantitative estimate of drug-likeness (QED) is 0.395. The van der Waals surface area contributed by atoms with Crippen LogP contribution in [0.25, 0.3) is 16.6 Å². The third kappa shape index (κ3) is 5.29. The number of anilines is 1. The molecule has 8 nitrogen and oxygen atoms in total. The van der Waals surface area contributed by atoms with E-state index in [0.717, 1.165) is 72.7 Å². The van der Waals surface area contributed by atoms with Gasteiger partial charge in [-0.2, -0.15) is 5.10 Å². The normalized spacial score (nSPS) is 15.1. The van der Waals surface area contributed by atoms with Crippen LogP contribution in [0.3, 0.4) is 0 Å². The number of carbonyl (C=O) groups is 1. The van der Waals surface area contributed by atoms with Crippen molar-refractivity contribution in [2.45, 2.75) is 39.3 Å². The molecule has 1 N–H and O–H groups in total. The summed E-state index contributed by atoms with van der Waals surface area (Å²) < 4.78 is 8.10. The van der Waals surface area contributed by atoms with Crippen LogP contribution in [0, 0.1) is 6.92 Å². The van der Waals surface area contributed by atoms with Gasteiger partial charge in [-0.1, -0.05) is 24.3 Å². The zero-order valence-corrected chi connectivity index (χ0v) is 21.6. The smallest absolute Gasteiger partial charge is 0.347 e. The number of para-hydroxylation sites is 1. The summed E-state index contributed by atoms with van der Waals surface area (Å²) in [7, 11) is 0. The minimum Gasteiger partial charge on any atom is -0.478 e. The fourth-order valence-electron chi connectivity index (χ4n) is 4.80. The molecule has 192 valence electrons. The van der Waals surface area contributed by atoms with Crippen molar-refractivity contribution in [3.8, 4) is 11.4 Å². The van der Waals surface area contributed by atoms with Gasteiger partial charge in [-0.3, -0.25) is 9.88 Å². The molecule has 0 aliphatic carbocycles. The van der Waals surface area contributed by atoms with Gasteiger partial charge in [-0.25, -0.2) is 9.48 Å². The number of aryl methyl sites for hydroxylation is 1. The first-order chi connectivity index (χ1) is 17.8. The Morgan fingerprint density at radius 1 is 1.05 bits per heavy atom. The maximum absolute atomic E-state index is 11.9. The Hall–Kier alpha value is -3.91. The number of pyridine rings is 1. The standard InChI is InChI=1S/C29H33N5O3/c1-21-19-22-9-7-13-30-25(22)26(27(21)37-29(2,3)28(35)36)33-15-8-14-32(17-18-33)20-23-12-16-34(31-23)24-10-5-4-6-11-24/h4-7,9-13,16,19H,8,14-15,17-18,20H2,1-3H3,(H,35,36). The number of hydrogen-bond donors (Lipinski definition) is 1. The summed E-state index contributed by atoms with van der Waals surface area (Å²) in [5.41, 5.74) is 3.33. The molecule has 1 fully saturated rings. The third-order valence-electron chi connectivity index (χ3n) is 6.84. The Balaban J connectivity index is 1.39. The zero-order valence-electron chi connectivity index (χ0n) is 21.6. The van der Waals surface area contributed by atoms with Gasteiger partial charge in [0.2, 0.25) is 0 Å². The highest BCUT2D eigenvalue weighted by Crippen LogP contribution is 2.40. The zero-order chi connectivity index (χ0) is 26.0. The van der Waals surface area contributed by atoms with Crippen molar-refractivity contribution in [1.82, 2.24) is 19.7 Å². The van der Waals surface area contributed by atoms with Crippen LogP contribution in [0.1, 0.15) is 31.5 Å². The van der Waals surface area contributed by atoms with Crippen LogP contribution in [-0.4, -0.2) is 62.5 Å². The lowest BCUT2D eigenvalue weighted by Gasteiger charge is -2.31. The summed E-state index contributed by atoms with van der Waals surface area (Å²) in [6, 6.07) is 18.2. The summed E-state index contributed by atoms with van der Waals surface area (Å²) >= 11 is 0. The van der Waals surface area contributed by atoms with E-state index >= 15 is 0 Å². The van der Waals surface area contributed by atoms with E-state index in [9.17, 15) is 9.90 Å². The van der Waals surface area contributed by atoms with E-state index in [1.54, 1.807) is 20.0 Å². The van der Waals surface area contributed by atoms with Gasteiger partial charge >= 0.3 is 5.97 Å². The summed E-state index contributed by atoms with van der Waals surface area (Å²) in [6.45, 7) is 9.31. The molecule has 0 spiro atoms. The van der Waals surface area contributed by atoms with Gasteiger partial charge in [0.05, 0.1) is 16.9 Å². The van der Waals surface area contributed by atoms with Gasteiger partial charge in [-0.15, -0.1) is 0 Å². The topological polar surface area (TPSA) is 83.7 Å². The molecule has 2 aromatic heterocycles. The Morgan fingerprint density at radius 2 is 1.86 bits per heavy atom. The average molecular weight is 500 g/mol. The molecule has 0 atom stereocenters. The first-order valence-corrected chi connectivity index (χ1v) is 12.7. The second-order valence-corrected chi connectivity index (χ2v) is 10.1. The molecule has 37 heavy (non-hydrogen) atoms. The average Bonchev–Trinajstić information content (AvgIpc) is 3.23. The second kappa shape index (κ2) is 10.2. The molecule has 2 aromatic carbocycles. The van der Waals surface area contributed by atoms with E-state index in [1.165, 1.54) is 0 Å². The number of carboxylic acids is 1. The lowest BCUT2D eigenvalue weighted by Crippen LogP contribution is -2.39. The van der Waals surface area contributed by atoms with Crippen LogP contribution >= 0.6 is 0 Å². The highest BCUT2D eigenvalue weighted by atomic mass is 16.5. The maximum Gasteiger partial charge on any atom is 0.347 e. The predicted octanol–water partition coefficient (Wildman–Crippen LogP) is 4.68. The third-order valence-corrected chi connectivity index (χ3v) is 6.84. The molecular weight excluding hydrogens is 466 g/mol. The van der Waals surface area contributed by atoms with Crippen molar-refractivity contribution >= 4 is 22.6 Å². The van der Waals surface area contributed by atoms with Crippen molar-refractivity contribution in [2.24, 2.45) is 0 Å². The summed E-state index contributed by atoms with van der Waals surface area (Å²) in [5, 5.41) is 15.5. The van der Waals surface area contributed by atoms with Gasteiger partial charge in [0.15, 0.2) is 5.60 Å². The number of fused-ring (bicyclic) bond motifs is 1. The lowest BCUT2D eigenvalue weighted by molar-refractivity contribution is -0.152. The monoisotopic (exact) mass is 499 g/mol. The largest absolute Gasteiger partial charge is 0.478 e. The van der Waals surface area contributed by atoms with Crippen LogP contribution in [0.2, 0.25) is 0 Å². The van der Waals surface area contributed by atoms with Crippen molar-refractivity contribution in [2.75, 3.05) is 31.1 Å². The number of aliphatic carboxylic acids is 1. The molecule has 1 aliphatic heterocycles. The molecule has 5 rings (SSSR count). The highest BCUT2D eigenvalue weighted by molar-refractivity contribution is 5.96. The maximum atomic E-state index is 11.9. The molecule has 0 bridgehead atoms. The number of carboxylic acid groups (broad SMARTS) is 1. The van der Waals surface area contributed by atoms with Gasteiger partial charge in [-0.05, 0) is 63.1 Å². The second-order valence-electron chi connectivity index (χ2n) is 10.1. The molecule has 0 unspecified atom stereocenters. The number of nitrogens with zero attached hydrogens (tertiary/aromatic N) is 5. The minimum absolute atomic E-state index is 0.591. The number of hydrogen-bond acceptors (Lipinski definition) is 6. The van der Waals surface area contributed by atoms with Crippen LogP contribution in [-0.2, 0) is 11.3 Å². The Labute approximate surface area is 217 Å². The fourth-order valence-corrected chi connectivity index (χ4v) is 4.80. The van der Waals surface area contributed by atoms with E-state index in [4.69, 9.17) is 9.84 Å². The van der Waals surface area contributed by atoms with Crippen molar-refractivity contribution in [3.63, 3.8) is 0 Å². The number of ether oxygens (including phenoxy) is 1. The van der Waals surface area contributed by atoms with E-state index in [-0.39, 0.29) is 0 Å². The lowest BCUT2D eigenvalue weighted by atomic mass is 10.1. The molecule has 8 heteroatoms. The van der Waals surface area contributed by atoms with Gasteiger partial charge < -0.3 is 14.7 Å². The van der Waals surface area contributed by atoms with E-state index < -0.39 is 11.6 Å². The molecule has 3 heterocycles. The molecule has 4 aromatic rings. The van der Waals surface area contributed by atoms with Crippen LogP contribution in [0.15, 0.2) is 67.0 Å². The van der Waals surface area contributed by atoms with Crippen LogP contribution in [0.4, 0.5) is 5.69 Å². The highest BCUT2D eigenvalue weighted by Gasteiger charge is 2.33. The predicted molar refractivity (Wildman–Crippen MR) is 144 cm³/mol. The summed E-state index contributed by atoms with van der Waals surface area (Å²) in [4.78, 5) is 21.3. The molecule has 0 amide bonds. The summed E-state index contributed by atoms with van der Waals surface area (Å²) in [5.74, 6) is -0.412. The minimum atomic E-state index is -1.36. The Morgan fingerprint density at radius 3 is 2.65 bits per heavy atom. The van der Waals surface area contributed by atoms with E-state index in [0.29, 0.717) is 5.75 Å². The van der Waals surface area contributed by atoms with Gasteiger partial charge in [0.25, 0.3) is 0 Å². The SMILES string of the molecule is Cc1cc2cccnc2c(N2CCCN(Cc3ccn(-c4ccccc4)n3)CC2)c1OC(C)(C)C(=O)O. The molecular formula is C29H33N5O3. The summed E-state index contributed by atoms with van der Waals surface area (Å²) in [6.07, 6.45) is 4.75. The van der Waals surface area contributed by atoms with Crippen LogP contribution in [0.5, 0.6) is 5.75 Å². The van der Waals surface area contributed by atoms with E-state index in [2.05, 4.69) is 20.9 Å². The molecule has 1 aliphatic rings. The number of aromatic nitrogens is 3. The van der Waals surface area contributed by atoms with Crippen molar-refractivity contribution in [3.05, 3.63) is 78.2 Å². The first kappa shape index (κ1) is 24.8.